The third-order valence-electron chi connectivity index (χ3n) is 10.5. The molecule has 342 valence electrons. The second-order valence-corrected chi connectivity index (χ2v) is 30.5. The molecule has 1 fully saturated rings. The summed E-state index contributed by atoms with van der Waals surface area (Å²) in [6.07, 6.45) is 15.2. The second kappa shape index (κ2) is 36.0. The quantitative estimate of drug-likeness (QED) is 0.0436. The van der Waals surface area contributed by atoms with Gasteiger partial charge in [0.2, 0.25) is 0 Å². The van der Waals surface area contributed by atoms with Gasteiger partial charge in [-0.15, -0.1) is 9.45 Å². The Morgan fingerprint density at radius 3 is 1.40 bits per heavy atom. The Hall–Kier alpha value is 1.65. The summed E-state index contributed by atoms with van der Waals surface area (Å²) in [6.45, 7) is 24.2. The van der Waals surface area contributed by atoms with Crippen LogP contribution in [0.15, 0.2) is 0 Å². The lowest BCUT2D eigenvalue weighted by Crippen LogP contribution is -2.46. The highest BCUT2D eigenvalue weighted by Crippen LogP contribution is 2.41. The smallest absolute Gasteiger partial charge is 0.374 e. The summed E-state index contributed by atoms with van der Waals surface area (Å²) in [6, 6.07) is 2.72. The number of rotatable bonds is 39. The summed E-state index contributed by atoms with van der Waals surface area (Å²) in [5.41, 5.74) is 0. The van der Waals surface area contributed by atoms with Crippen LogP contribution in [0, 0.1) is 17.8 Å². The van der Waals surface area contributed by atoms with Crippen molar-refractivity contribution >= 4 is 76.6 Å². The normalized spacial score (nSPS) is 18.6. The SMILES string of the molecule is CCO[Si](CCCCCCC1CCC(CCSCCC[Si](OCC)(OCC)OCC)CC1CCS(CCC[Si](OCC)(OCC)OCC)=S=S=S)(OCC)OCC. The predicted molar refractivity (Wildman–Crippen MR) is 259 cm³/mol. The van der Waals surface area contributed by atoms with Gasteiger partial charge in [0.15, 0.2) is 0 Å². The molecule has 57 heavy (non-hydrogen) atoms. The minimum Gasteiger partial charge on any atom is -0.374 e. The van der Waals surface area contributed by atoms with Crippen molar-refractivity contribution in [2.45, 2.75) is 157 Å². The molecule has 4 unspecified atom stereocenters. The molecule has 0 aromatic carbocycles. The zero-order valence-electron chi connectivity index (χ0n) is 37.7. The van der Waals surface area contributed by atoms with Gasteiger partial charge in [-0.3, -0.25) is 0 Å². The molecule has 0 amide bonds. The Labute approximate surface area is 371 Å². The fourth-order valence-corrected chi connectivity index (χ4v) is 24.5. The van der Waals surface area contributed by atoms with Gasteiger partial charge in [0.1, 0.15) is 0 Å². The third-order valence-corrected chi connectivity index (χ3v) is 28.2. The molecule has 0 aromatic heterocycles. The van der Waals surface area contributed by atoms with Crippen LogP contribution in [0.5, 0.6) is 0 Å². The zero-order valence-corrected chi connectivity index (χ0v) is 44.8. The molecule has 4 atom stereocenters. The van der Waals surface area contributed by atoms with Crippen LogP contribution in [-0.4, -0.2) is 109 Å². The Morgan fingerprint density at radius 2 is 0.930 bits per heavy atom. The van der Waals surface area contributed by atoms with Gasteiger partial charge in [-0.1, -0.05) is 32.1 Å². The molecule has 0 radical (unpaired) electrons. The molecule has 0 aromatic rings. The summed E-state index contributed by atoms with van der Waals surface area (Å²) in [5.74, 6) is 7.25. The maximum atomic E-state index is 6.17. The van der Waals surface area contributed by atoms with Gasteiger partial charge in [0.25, 0.3) is 0 Å². The van der Waals surface area contributed by atoms with Crippen LogP contribution in [0.1, 0.15) is 139 Å². The van der Waals surface area contributed by atoms with E-state index in [1.807, 2.05) is 71.2 Å². The lowest BCUT2D eigenvalue weighted by molar-refractivity contribution is 0.0700. The second-order valence-electron chi connectivity index (χ2n) is 14.5. The van der Waals surface area contributed by atoms with Crippen LogP contribution in [0.3, 0.4) is 0 Å². The molecule has 1 aliphatic carbocycles. The van der Waals surface area contributed by atoms with Crippen molar-refractivity contribution in [3.05, 3.63) is 0 Å². The number of unbranched alkanes of at least 4 members (excludes halogenated alkanes) is 3. The van der Waals surface area contributed by atoms with Crippen molar-refractivity contribution in [1.82, 2.24) is 0 Å². The maximum absolute atomic E-state index is 6.17. The van der Waals surface area contributed by atoms with Crippen LogP contribution in [0.4, 0.5) is 0 Å². The van der Waals surface area contributed by atoms with E-state index >= 15 is 0 Å². The zero-order chi connectivity index (χ0) is 42.1. The first-order chi connectivity index (χ1) is 27.7. The van der Waals surface area contributed by atoms with Crippen molar-refractivity contribution in [3.63, 3.8) is 0 Å². The molecule has 0 bridgehead atoms. The first-order valence-corrected chi connectivity index (χ1v) is 34.8. The average molecular weight is 956 g/mol. The molecule has 1 rings (SSSR count). The molecule has 1 saturated carbocycles. The van der Waals surface area contributed by atoms with Gasteiger partial charge in [0, 0.05) is 77.6 Å². The maximum Gasteiger partial charge on any atom is 0.500 e. The molecular weight excluding hydrogens is 869 g/mol. The van der Waals surface area contributed by atoms with Crippen LogP contribution in [0.2, 0.25) is 18.1 Å². The van der Waals surface area contributed by atoms with Crippen LogP contribution < -0.4 is 0 Å². The number of hydrogen-bond donors (Lipinski definition) is 0. The standard InChI is InChI=1S/C40H86O9S5Si3/c1-10-41-55(42-11-2,43-12-3)34-22-20-19-21-25-39-27-26-38(28-31-51-30-23-35-56(44-13-4,45-14-5)46-15-6)37-40(39)29-33-54(53-52-50)32-24-36-57(47-16-7,48-17-8)49-18-9/h38-40H,10-37H2,1-9H3. The van der Waals surface area contributed by atoms with Gasteiger partial charge in [-0.25, -0.2) is 0 Å². The molecule has 0 spiro atoms. The summed E-state index contributed by atoms with van der Waals surface area (Å²) < 4.78 is 55.1. The van der Waals surface area contributed by atoms with E-state index in [1.165, 1.54) is 78.2 Å². The highest BCUT2D eigenvalue weighted by atomic mass is 33.2. The van der Waals surface area contributed by atoms with E-state index in [4.69, 9.17) is 51.0 Å². The first kappa shape index (κ1) is 56.7. The van der Waals surface area contributed by atoms with Crippen molar-refractivity contribution < 1.29 is 39.8 Å². The lowest BCUT2D eigenvalue weighted by Gasteiger charge is -2.37. The third kappa shape index (κ3) is 24.3. The number of thioether (sulfide) groups is 1. The number of hydrogen-bond acceptors (Lipinski definition) is 11. The summed E-state index contributed by atoms with van der Waals surface area (Å²) in [7, 11) is -4.05. The Balaban J connectivity index is 2.87. The summed E-state index contributed by atoms with van der Waals surface area (Å²) in [4.78, 5) is 0. The Morgan fingerprint density at radius 1 is 0.474 bits per heavy atom. The monoisotopic (exact) mass is 954 g/mol. The van der Waals surface area contributed by atoms with Crippen molar-refractivity contribution in [2.24, 2.45) is 17.8 Å². The van der Waals surface area contributed by atoms with Gasteiger partial charge in [-0.05, 0) is 177 Å². The van der Waals surface area contributed by atoms with E-state index in [9.17, 15) is 0 Å². The van der Waals surface area contributed by atoms with Crippen LogP contribution in [0.25, 0.3) is 0 Å². The van der Waals surface area contributed by atoms with Crippen molar-refractivity contribution in [3.8, 4) is 0 Å². The molecular formula is C40H86O9S5Si3. The minimum atomic E-state index is -2.63. The van der Waals surface area contributed by atoms with E-state index < -0.39 is 26.4 Å². The largest absolute Gasteiger partial charge is 0.500 e. The van der Waals surface area contributed by atoms with Crippen molar-refractivity contribution in [1.29, 1.82) is 0 Å². The lowest BCUT2D eigenvalue weighted by atomic mass is 9.70. The molecule has 0 N–H and O–H groups in total. The Kier molecular flexibility index (Phi) is 35.8. The molecule has 1 aliphatic rings. The van der Waals surface area contributed by atoms with Crippen LogP contribution in [-0.2, 0) is 78.2 Å². The highest BCUT2D eigenvalue weighted by molar-refractivity contribution is 8.58. The molecule has 0 heterocycles. The van der Waals surface area contributed by atoms with E-state index in [-0.39, 0.29) is 9.45 Å². The van der Waals surface area contributed by atoms with E-state index in [1.54, 1.807) is 0 Å². The molecule has 17 heteroatoms. The molecule has 0 saturated heterocycles. The highest BCUT2D eigenvalue weighted by Gasteiger charge is 2.41. The average Bonchev–Trinajstić information content (AvgIpc) is 3.18. The predicted octanol–water partition coefficient (Wildman–Crippen LogP) is 10.5. The summed E-state index contributed by atoms with van der Waals surface area (Å²) >= 11 is 7.57. The van der Waals surface area contributed by atoms with E-state index in [0.29, 0.717) is 59.5 Å². The fourth-order valence-electron chi connectivity index (χ4n) is 8.21. The van der Waals surface area contributed by atoms with Crippen LogP contribution >= 0.6 is 11.8 Å². The molecule has 0 aliphatic heterocycles. The van der Waals surface area contributed by atoms with E-state index in [0.717, 1.165) is 66.7 Å². The van der Waals surface area contributed by atoms with Gasteiger partial charge in [-0.2, -0.15) is 11.8 Å². The molecule has 9 nitrogen and oxygen atoms in total. The van der Waals surface area contributed by atoms with E-state index in [2.05, 4.69) is 11.8 Å². The van der Waals surface area contributed by atoms with Crippen molar-refractivity contribution in [2.75, 3.05) is 82.5 Å². The minimum absolute atomic E-state index is 0.223. The fraction of sp³-hybridized carbons (Fsp3) is 1.00. The Bertz CT molecular complexity index is 1020. The summed E-state index contributed by atoms with van der Waals surface area (Å²) in [5, 5.41) is 0. The topological polar surface area (TPSA) is 83.1 Å². The van der Waals surface area contributed by atoms with Gasteiger partial charge in [0.05, 0.1) is 0 Å². The van der Waals surface area contributed by atoms with Gasteiger partial charge < -0.3 is 39.8 Å². The van der Waals surface area contributed by atoms with Gasteiger partial charge >= 0.3 is 26.4 Å². The first-order valence-electron chi connectivity index (χ1n) is 22.7.